The summed E-state index contributed by atoms with van der Waals surface area (Å²) in [6, 6.07) is 9.47. The summed E-state index contributed by atoms with van der Waals surface area (Å²) in [6.45, 7) is 4.14. The van der Waals surface area contributed by atoms with Gasteiger partial charge in [-0.2, -0.15) is 0 Å². The number of benzene rings is 1. The second-order valence-electron chi connectivity index (χ2n) is 4.03. The molecule has 90 valence electrons. The Morgan fingerprint density at radius 3 is 2.59 bits per heavy atom. The molecule has 0 fully saturated rings. The number of hydrogen-bond acceptors (Lipinski definition) is 3. The molecule has 1 aromatic heterocycles. The molecule has 1 aromatic carbocycles. The van der Waals surface area contributed by atoms with Gasteiger partial charge in [-0.15, -0.1) is 0 Å². The third kappa shape index (κ3) is 2.36. The van der Waals surface area contributed by atoms with Crippen LogP contribution in [-0.4, -0.2) is 0 Å². The predicted octanol–water partition coefficient (Wildman–Crippen LogP) is 3.10. The first-order valence-corrected chi connectivity index (χ1v) is 5.78. The van der Waals surface area contributed by atoms with Crippen LogP contribution in [0.1, 0.15) is 28.5 Å². The number of hydrogen-bond donors (Lipinski definition) is 2. The van der Waals surface area contributed by atoms with Crippen LogP contribution in [-0.2, 0) is 0 Å². The molecule has 0 aliphatic heterocycles. The molecule has 0 amide bonds. The van der Waals surface area contributed by atoms with Gasteiger partial charge in [-0.05, 0) is 54.3 Å². The lowest BCUT2D eigenvalue weighted by Crippen LogP contribution is -2.29. The first kappa shape index (κ1) is 12.2. The number of halogens is 1. The average molecular weight is 251 g/mol. The second kappa shape index (κ2) is 4.92. The normalized spacial score (nSPS) is 12.7. The molecule has 0 aliphatic rings. The zero-order valence-electron chi connectivity index (χ0n) is 9.83. The summed E-state index contributed by atoms with van der Waals surface area (Å²) in [4.78, 5) is 0. The number of furan rings is 1. The maximum Gasteiger partial charge on any atom is 0.193 e. The highest BCUT2D eigenvalue weighted by Crippen LogP contribution is 2.28. The van der Waals surface area contributed by atoms with Gasteiger partial charge < -0.3 is 4.42 Å². The molecule has 1 heterocycles. The standard InChI is InChI=1S/C13H15ClN2O/c1-8-4-3-5-10(9(8)2)13(16-15)11-6-7-12(14)17-11/h3-7,13,16H,15H2,1-2H3. The van der Waals surface area contributed by atoms with E-state index in [-0.39, 0.29) is 6.04 Å². The third-order valence-electron chi connectivity index (χ3n) is 3.00. The van der Waals surface area contributed by atoms with E-state index in [2.05, 4.69) is 25.3 Å². The summed E-state index contributed by atoms with van der Waals surface area (Å²) >= 11 is 5.78. The monoisotopic (exact) mass is 250 g/mol. The maximum absolute atomic E-state index is 5.78. The van der Waals surface area contributed by atoms with Crippen LogP contribution < -0.4 is 11.3 Å². The Morgan fingerprint density at radius 1 is 1.24 bits per heavy atom. The fourth-order valence-electron chi connectivity index (χ4n) is 1.90. The van der Waals surface area contributed by atoms with Crippen LogP contribution in [0.15, 0.2) is 34.7 Å². The van der Waals surface area contributed by atoms with Crippen molar-refractivity contribution in [2.24, 2.45) is 5.84 Å². The molecule has 0 bridgehead atoms. The van der Waals surface area contributed by atoms with Gasteiger partial charge in [0.2, 0.25) is 0 Å². The number of nitrogens with one attached hydrogen (secondary N) is 1. The Morgan fingerprint density at radius 2 is 2.00 bits per heavy atom. The Bertz CT molecular complexity index is 522. The Labute approximate surface area is 106 Å². The molecule has 0 spiro atoms. The van der Waals surface area contributed by atoms with E-state index in [9.17, 15) is 0 Å². The molecule has 17 heavy (non-hydrogen) atoms. The van der Waals surface area contributed by atoms with Crippen molar-refractivity contribution in [2.75, 3.05) is 0 Å². The van der Waals surface area contributed by atoms with Crippen molar-refractivity contribution in [3.05, 3.63) is 58.0 Å². The zero-order chi connectivity index (χ0) is 12.4. The number of aryl methyl sites for hydroxylation is 1. The molecule has 3 N–H and O–H groups in total. The van der Waals surface area contributed by atoms with Gasteiger partial charge in [0.1, 0.15) is 11.8 Å². The van der Waals surface area contributed by atoms with E-state index in [4.69, 9.17) is 21.9 Å². The molecule has 0 saturated heterocycles. The van der Waals surface area contributed by atoms with Crippen molar-refractivity contribution in [2.45, 2.75) is 19.9 Å². The van der Waals surface area contributed by atoms with E-state index < -0.39 is 0 Å². The summed E-state index contributed by atoms with van der Waals surface area (Å²) in [5, 5.41) is 0.366. The Balaban J connectivity index is 2.45. The van der Waals surface area contributed by atoms with Crippen molar-refractivity contribution in [1.82, 2.24) is 5.43 Å². The molecule has 0 radical (unpaired) electrons. The zero-order valence-corrected chi connectivity index (χ0v) is 10.6. The molecule has 2 rings (SSSR count). The van der Waals surface area contributed by atoms with Crippen LogP contribution in [0.4, 0.5) is 0 Å². The lowest BCUT2D eigenvalue weighted by molar-refractivity contribution is 0.452. The van der Waals surface area contributed by atoms with E-state index in [1.54, 1.807) is 6.07 Å². The SMILES string of the molecule is Cc1cccc(C(NN)c2ccc(Cl)o2)c1C. The first-order valence-electron chi connectivity index (χ1n) is 5.41. The lowest BCUT2D eigenvalue weighted by Gasteiger charge is -2.17. The van der Waals surface area contributed by atoms with Gasteiger partial charge in [0.15, 0.2) is 5.22 Å². The topological polar surface area (TPSA) is 51.2 Å². The molecule has 0 aliphatic carbocycles. The Kier molecular flexibility index (Phi) is 3.52. The smallest absolute Gasteiger partial charge is 0.193 e. The highest BCUT2D eigenvalue weighted by atomic mass is 35.5. The van der Waals surface area contributed by atoms with Gasteiger partial charge in [-0.3, -0.25) is 5.84 Å². The number of nitrogens with two attached hydrogens (primary N) is 1. The van der Waals surface area contributed by atoms with E-state index in [0.29, 0.717) is 11.0 Å². The first-order chi connectivity index (χ1) is 8.13. The van der Waals surface area contributed by atoms with Crippen LogP contribution in [0, 0.1) is 13.8 Å². The summed E-state index contributed by atoms with van der Waals surface area (Å²) in [7, 11) is 0. The van der Waals surface area contributed by atoms with E-state index in [0.717, 1.165) is 5.56 Å². The van der Waals surface area contributed by atoms with Crippen molar-refractivity contribution in [1.29, 1.82) is 0 Å². The second-order valence-corrected chi connectivity index (χ2v) is 4.40. The largest absolute Gasteiger partial charge is 0.448 e. The third-order valence-corrected chi connectivity index (χ3v) is 3.21. The molecule has 4 heteroatoms. The molecular formula is C13H15ClN2O. The van der Waals surface area contributed by atoms with Gasteiger partial charge in [0.05, 0.1) is 0 Å². The van der Waals surface area contributed by atoms with E-state index in [1.807, 2.05) is 18.2 Å². The van der Waals surface area contributed by atoms with Crippen molar-refractivity contribution < 1.29 is 4.42 Å². The quantitative estimate of drug-likeness (QED) is 0.650. The molecule has 0 saturated carbocycles. The minimum absolute atomic E-state index is 0.178. The molecule has 2 aromatic rings. The predicted molar refractivity (Wildman–Crippen MR) is 68.8 cm³/mol. The van der Waals surface area contributed by atoms with Gasteiger partial charge in [-0.25, -0.2) is 5.43 Å². The van der Waals surface area contributed by atoms with Crippen LogP contribution in [0.25, 0.3) is 0 Å². The van der Waals surface area contributed by atoms with Crippen molar-refractivity contribution in [3.63, 3.8) is 0 Å². The molecule has 1 atom stereocenters. The van der Waals surface area contributed by atoms with Gasteiger partial charge in [0, 0.05) is 0 Å². The molecular weight excluding hydrogens is 236 g/mol. The van der Waals surface area contributed by atoms with Crippen LogP contribution in [0.3, 0.4) is 0 Å². The fraction of sp³-hybridized carbons (Fsp3) is 0.231. The van der Waals surface area contributed by atoms with Crippen LogP contribution in [0.2, 0.25) is 5.22 Å². The summed E-state index contributed by atoms with van der Waals surface area (Å²) in [6.07, 6.45) is 0. The Hall–Kier alpha value is -1.29. The average Bonchev–Trinajstić information content (AvgIpc) is 2.72. The highest BCUT2D eigenvalue weighted by Gasteiger charge is 2.18. The number of rotatable bonds is 3. The van der Waals surface area contributed by atoms with E-state index in [1.165, 1.54) is 11.1 Å². The van der Waals surface area contributed by atoms with Crippen LogP contribution in [0.5, 0.6) is 0 Å². The van der Waals surface area contributed by atoms with Gasteiger partial charge >= 0.3 is 0 Å². The summed E-state index contributed by atoms with van der Waals surface area (Å²) in [5.74, 6) is 6.33. The highest BCUT2D eigenvalue weighted by molar-refractivity contribution is 6.28. The van der Waals surface area contributed by atoms with E-state index >= 15 is 0 Å². The molecule has 1 unspecified atom stereocenters. The van der Waals surface area contributed by atoms with Crippen molar-refractivity contribution >= 4 is 11.6 Å². The van der Waals surface area contributed by atoms with Crippen molar-refractivity contribution in [3.8, 4) is 0 Å². The summed E-state index contributed by atoms with van der Waals surface area (Å²) < 4.78 is 5.41. The van der Waals surface area contributed by atoms with Crippen LogP contribution >= 0.6 is 11.6 Å². The minimum Gasteiger partial charge on any atom is -0.448 e. The number of hydrazine groups is 1. The summed E-state index contributed by atoms with van der Waals surface area (Å²) in [5.41, 5.74) is 6.28. The van der Waals surface area contributed by atoms with Gasteiger partial charge in [0.25, 0.3) is 0 Å². The maximum atomic E-state index is 5.78. The molecule has 3 nitrogen and oxygen atoms in total. The van der Waals surface area contributed by atoms with Gasteiger partial charge in [-0.1, -0.05) is 18.2 Å². The fourth-order valence-corrected chi connectivity index (χ4v) is 2.05. The minimum atomic E-state index is -0.178. The lowest BCUT2D eigenvalue weighted by atomic mass is 9.96.